The molecule has 136 valence electrons. The number of nitrogens with zero attached hydrogens (tertiary/aromatic N) is 1. The highest BCUT2D eigenvalue weighted by Gasteiger charge is 2.18. The Balaban J connectivity index is 2.13. The van der Waals surface area contributed by atoms with Crippen LogP contribution in [0.25, 0.3) is 22.5 Å². The summed E-state index contributed by atoms with van der Waals surface area (Å²) >= 11 is 0. The molecular formula is C19H19FN2O4. The zero-order chi connectivity index (χ0) is 18.7. The maximum Gasteiger partial charge on any atom is 0.203 e. The van der Waals surface area contributed by atoms with Crippen molar-refractivity contribution in [3.63, 3.8) is 0 Å². The molecule has 2 aromatic carbocycles. The number of imidazole rings is 1. The summed E-state index contributed by atoms with van der Waals surface area (Å²) in [6.45, 7) is 0. The molecule has 3 aromatic rings. The molecule has 0 aliphatic carbocycles. The van der Waals surface area contributed by atoms with Crippen LogP contribution in [-0.2, 0) is 0 Å². The molecule has 0 fully saturated rings. The van der Waals surface area contributed by atoms with E-state index in [-0.39, 0.29) is 5.75 Å². The first-order valence-electron chi connectivity index (χ1n) is 7.80. The molecule has 0 aliphatic rings. The Morgan fingerprint density at radius 2 is 1.46 bits per heavy atom. The SMILES string of the molecule is COc1ccc(-c2[nH]cnc2-c2cc(OC)c(OC)c(OC)c2)cc1F. The molecule has 1 heterocycles. The van der Waals surface area contributed by atoms with Gasteiger partial charge in [0.2, 0.25) is 5.75 Å². The molecule has 0 spiro atoms. The predicted octanol–water partition coefficient (Wildman–Crippen LogP) is 3.92. The van der Waals surface area contributed by atoms with Crippen molar-refractivity contribution in [3.8, 4) is 45.5 Å². The zero-order valence-electron chi connectivity index (χ0n) is 14.9. The maximum absolute atomic E-state index is 14.1. The quantitative estimate of drug-likeness (QED) is 0.724. The first kappa shape index (κ1) is 17.6. The molecule has 1 N–H and O–H groups in total. The van der Waals surface area contributed by atoms with Gasteiger partial charge in [-0.2, -0.15) is 0 Å². The lowest BCUT2D eigenvalue weighted by Crippen LogP contribution is -1.96. The summed E-state index contributed by atoms with van der Waals surface area (Å²) in [5.74, 6) is 1.25. The highest BCUT2D eigenvalue weighted by Crippen LogP contribution is 2.42. The summed E-state index contributed by atoms with van der Waals surface area (Å²) in [6.07, 6.45) is 1.55. The number of aromatic amines is 1. The second kappa shape index (κ2) is 7.35. The third-order valence-electron chi connectivity index (χ3n) is 4.02. The average molecular weight is 358 g/mol. The standard InChI is InChI=1S/C19H19FN2O4/c1-23-14-6-5-11(7-13(14)20)17-18(22-10-21-17)12-8-15(24-2)19(26-4)16(9-12)25-3/h5-10H,1-4H3,(H,21,22). The molecular weight excluding hydrogens is 339 g/mol. The van der Waals surface area contributed by atoms with Crippen LogP contribution >= 0.6 is 0 Å². The zero-order valence-corrected chi connectivity index (χ0v) is 14.9. The summed E-state index contributed by atoms with van der Waals surface area (Å²) in [5.41, 5.74) is 2.69. The first-order valence-corrected chi connectivity index (χ1v) is 7.80. The number of hydrogen-bond acceptors (Lipinski definition) is 5. The van der Waals surface area contributed by atoms with E-state index < -0.39 is 5.82 Å². The van der Waals surface area contributed by atoms with Gasteiger partial charge in [-0.1, -0.05) is 0 Å². The fraction of sp³-hybridized carbons (Fsp3) is 0.211. The predicted molar refractivity (Wildman–Crippen MR) is 95.6 cm³/mol. The Bertz CT molecular complexity index is 899. The Morgan fingerprint density at radius 1 is 0.808 bits per heavy atom. The van der Waals surface area contributed by atoms with E-state index in [2.05, 4.69) is 9.97 Å². The average Bonchev–Trinajstić information content (AvgIpc) is 3.16. The van der Waals surface area contributed by atoms with Crippen molar-refractivity contribution in [2.24, 2.45) is 0 Å². The van der Waals surface area contributed by atoms with Crippen LogP contribution in [0.5, 0.6) is 23.0 Å². The van der Waals surface area contributed by atoms with Gasteiger partial charge in [-0.25, -0.2) is 9.37 Å². The molecule has 26 heavy (non-hydrogen) atoms. The number of hydrogen-bond donors (Lipinski definition) is 1. The van der Waals surface area contributed by atoms with Crippen LogP contribution in [0.15, 0.2) is 36.7 Å². The second-order valence-corrected chi connectivity index (χ2v) is 5.39. The van der Waals surface area contributed by atoms with Crippen LogP contribution in [0.3, 0.4) is 0 Å². The Kier molecular flexibility index (Phi) is 4.97. The molecule has 0 saturated carbocycles. The van der Waals surface area contributed by atoms with Crippen LogP contribution in [0.4, 0.5) is 4.39 Å². The molecule has 0 aliphatic heterocycles. The number of rotatable bonds is 6. The van der Waals surface area contributed by atoms with E-state index in [0.29, 0.717) is 34.2 Å². The lowest BCUT2D eigenvalue weighted by atomic mass is 10.0. The number of nitrogens with one attached hydrogen (secondary N) is 1. The Morgan fingerprint density at radius 3 is 2.00 bits per heavy atom. The number of halogens is 1. The van der Waals surface area contributed by atoms with Gasteiger partial charge in [-0.15, -0.1) is 0 Å². The van der Waals surface area contributed by atoms with Crippen LogP contribution < -0.4 is 18.9 Å². The summed E-state index contributed by atoms with van der Waals surface area (Å²) in [5, 5.41) is 0. The smallest absolute Gasteiger partial charge is 0.203 e. The van der Waals surface area contributed by atoms with Crippen LogP contribution in [0.1, 0.15) is 0 Å². The topological polar surface area (TPSA) is 65.6 Å². The maximum atomic E-state index is 14.1. The lowest BCUT2D eigenvalue weighted by molar-refractivity contribution is 0.324. The third-order valence-corrected chi connectivity index (χ3v) is 4.02. The molecule has 7 heteroatoms. The van der Waals surface area contributed by atoms with Gasteiger partial charge in [0.25, 0.3) is 0 Å². The van der Waals surface area contributed by atoms with Crippen LogP contribution in [0.2, 0.25) is 0 Å². The van der Waals surface area contributed by atoms with Crippen LogP contribution in [-0.4, -0.2) is 38.4 Å². The van der Waals surface area contributed by atoms with Gasteiger partial charge in [0, 0.05) is 11.1 Å². The summed E-state index contributed by atoms with van der Waals surface area (Å²) in [7, 11) is 6.06. The number of ether oxygens (including phenoxy) is 4. The van der Waals surface area contributed by atoms with Gasteiger partial charge in [-0.3, -0.25) is 0 Å². The van der Waals surface area contributed by atoms with E-state index >= 15 is 0 Å². The lowest BCUT2D eigenvalue weighted by Gasteiger charge is -2.14. The van der Waals surface area contributed by atoms with Crippen molar-refractivity contribution >= 4 is 0 Å². The first-order chi connectivity index (χ1) is 12.6. The minimum absolute atomic E-state index is 0.183. The highest BCUT2D eigenvalue weighted by molar-refractivity contribution is 5.80. The molecule has 1 aromatic heterocycles. The molecule has 0 atom stereocenters. The van der Waals surface area contributed by atoms with E-state index in [0.717, 1.165) is 5.56 Å². The van der Waals surface area contributed by atoms with Crippen molar-refractivity contribution in [1.82, 2.24) is 9.97 Å². The summed E-state index contributed by atoms with van der Waals surface area (Å²) in [4.78, 5) is 7.44. The molecule has 0 bridgehead atoms. The van der Waals surface area contributed by atoms with E-state index in [4.69, 9.17) is 18.9 Å². The Hall–Kier alpha value is -3.22. The Labute approximate surface area is 150 Å². The van der Waals surface area contributed by atoms with E-state index in [1.807, 2.05) is 0 Å². The van der Waals surface area contributed by atoms with Crippen molar-refractivity contribution in [1.29, 1.82) is 0 Å². The molecule has 6 nitrogen and oxygen atoms in total. The highest BCUT2D eigenvalue weighted by atomic mass is 19.1. The second-order valence-electron chi connectivity index (χ2n) is 5.39. The van der Waals surface area contributed by atoms with Crippen molar-refractivity contribution in [2.45, 2.75) is 0 Å². The van der Waals surface area contributed by atoms with Gasteiger partial charge < -0.3 is 23.9 Å². The number of benzene rings is 2. The number of aromatic nitrogens is 2. The fourth-order valence-electron chi connectivity index (χ4n) is 2.77. The minimum atomic E-state index is -0.449. The number of H-pyrrole nitrogens is 1. The molecule has 0 unspecified atom stereocenters. The third kappa shape index (κ3) is 3.03. The van der Waals surface area contributed by atoms with E-state index in [1.54, 1.807) is 51.9 Å². The van der Waals surface area contributed by atoms with E-state index in [9.17, 15) is 4.39 Å². The van der Waals surface area contributed by atoms with Crippen LogP contribution in [0, 0.1) is 5.82 Å². The molecule has 3 rings (SSSR count). The molecule has 0 saturated heterocycles. The largest absolute Gasteiger partial charge is 0.494 e. The summed E-state index contributed by atoms with van der Waals surface area (Å²) in [6, 6.07) is 8.32. The number of methoxy groups -OCH3 is 4. The monoisotopic (exact) mass is 358 g/mol. The van der Waals surface area contributed by atoms with Crippen molar-refractivity contribution in [2.75, 3.05) is 28.4 Å². The molecule has 0 radical (unpaired) electrons. The van der Waals surface area contributed by atoms with Gasteiger partial charge in [0.1, 0.15) is 0 Å². The van der Waals surface area contributed by atoms with Gasteiger partial charge in [0.15, 0.2) is 23.1 Å². The fourth-order valence-corrected chi connectivity index (χ4v) is 2.77. The van der Waals surface area contributed by atoms with E-state index in [1.165, 1.54) is 13.2 Å². The van der Waals surface area contributed by atoms with Crippen molar-refractivity contribution in [3.05, 3.63) is 42.5 Å². The van der Waals surface area contributed by atoms with Gasteiger partial charge >= 0.3 is 0 Å². The summed E-state index contributed by atoms with van der Waals surface area (Å²) < 4.78 is 35.2. The minimum Gasteiger partial charge on any atom is -0.494 e. The molecule has 0 amide bonds. The normalized spacial score (nSPS) is 10.5. The van der Waals surface area contributed by atoms with Crippen molar-refractivity contribution < 1.29 is 23.3 Å². The van der Waals surface area contributed by atoms with Gasteiger partial charge in [-0.05, 0) is 30.3 Å². The van der Waals surface area contributed by atoms with Gasteiger partial charge in [0.05, 0.1) is 46.2 Å².